The quantitative estimate of drug-likeness (QED) is 0.787. The first-order valence-electron chi connectivity index (χ1n) is 7.43. The van der Waals surface area contributed by atoms with Crippen LogP contribution in [0.5, 0.6) is 0 Å². The first-order chi connectivity index (χ1) is 10.8. The summed E-state index contributed by atoms with van der Waals surface area (Å²) in [4.78, 5) is 12.5. The van der Waals surface area contributed by atoms with Crippen LogP contribution in [0.1, 0.15) is 41.7 Å². The summed E-state index contributed by atoms with van der Waals surface area (Å²) < 4.78 is 1.74. The highest BCUT2D eigenvalue weighted by atomic mass is 16.1. The first kappa shape index (κ1) is 14.3. The van der Waals surface area contributed by atoms with E-state index in [2.05, 4.69) is 22.4 Å². The molecule has 0 saturated heterocycles. The smallest absolute Gasteiger partial charge is 0.253 e. The Hall–Kier alpha value is -2.69. The van der Waals surface area contributed by atoms with E-state index in [4.69, 9.17) is 0 Å². The van der Waals surface area contributed by atoms with Crippen molar-refractivity contribution >= 4 is 11.6 Å². The molecule has 1 aromatic carbocycles. The van der Waals surface area contributed by atoms with Gasteiger partial charge >= 0.3 is 0 Å². The third kappa shape index (κ3) is 2.98. The number of hydrogen-bond donors (Lipinski definition) is 1. The summed E-state index contributed by atoms with van der Waals surface area (Å²) in [6, 6.07) is 13.6. The van der Waals surface area contributed by atoms with Crippen LogP contribution in [0.25, 0.3) is 5.65 Å². The number of benzene rings is 1. The Morgan fingerprint density at radius 1 is 1.23 bits per heavy atom. The molecule has 3 aromatic rings. The van der Waals surface area contributed by atoms with Gasteiger partial charge in [-0.05, 0) is 24.1 Å². The zero-order valence-corrected chi connectivity index (χ0v) is 12.4. The third-order valence-electron chi connectivity index (χ3n) is 3.64. The molecule has 1 atom stereocenters. The minimum absolute atomic E-state index is 0.0234. The molecule has 0 bridgehead atoms. The lowest BCUT2D eigenvalue weighted by Crippen LogP contribution is -2.28. The molecule has 1 N–H and O–H groups in total. The molecule has 0 aliphatic carbocycles. The summed E-state index contributed by atoms with van der Waals surface area (Å²) in [6.07, 6.45) is 5.25. The van der Waals surface area contributed by atoms with E-state index >= 15 is 0 Å². The normalized spacial score (nSPS) is 12.2. The van der Waals surface area contributed by atoms with Crippen molar-refractivity contribution in [2.24, 2.45) is 0 Å². The van der Waals surface area contributed by atoms with Crippen LogP contribution in [0.3, 0.4) is 0 Å². The van der Waals surface area contributed by atoms with Gasteiger partial charge in [0.1, 0.15) is 6.33 Å². The lowest BCUT2D eigenvalue weighted by molar-refractivity contribution is 0.0934. The van der Waals surface area contributed by atoms with E-state index in [-0.39, 0.29) is 11.9 Å². The average molecular weight is 294 g/mol. The highest BCUT2D eigenvalue weighted by Gasteiger charge is 2.15. The second kappa shape index (κ2) is 6.39. The van der Waals surface area contributed by atoms with Crippen molar-refractivity contribution < 1.29 is 4.79 Å². The maximum absolute atomic E-state index is 12.5. The Labute approximate surface area is 129 Å². The van der Waals surface area contributed by atoms with E-state index in [0.29, 0.717) is 5.56 Å². The van der Waals surface area contributed by atoms with Crippen LogP contribution in [0.15, 0.2) is 55.0 Å². The van der Waals surface area contributed by atoms with Gasteiger partial charge in [0.15, 0.2) is 5.65 Å². The van der Waals surface area contributed by atoms with Gasteiger partial charge < -0.3 is 5.32 Å². The number of aromatic nitrogens is 3. The molecule has 112 valence electrons. The molecule has 0 aliphatic heterocycles. The van der Waals surface area contributed by atoms with E-state index in [9.17, 15) is 4.79 Å². The van der Waals surface area contributed by atoms with Gasteiger partial charge in [0.25, 0.3) is 5.91 Å². The lowest BCUT2D eigenvalue weighted by atomic mass is 10.0. The second-order valence-electron chi connectivity index (χ2n) is 5.24. The van der Waals surface area contributed by atoms with Gasteiger partial charge in [-0.15, -0.1) is 10.2 Å². The molecule has 2 heterocycles. The molecule has 3 rings (SSSR count). The van der Waals surface area contributed by atoms with Crippen molar-refractivity contribution in [1.82, 2.24) is 19.9 Å². The molecule has 0 radical (unpaired) electrons. The Morgan fingerprint density at radius 3 is 2.82 bits per heavy atom. The highest BCUT2D eigenvalue weighted by molar-refractivity contribution is 5.94. The number of amides is 1. The number of rotatable bonds is 5. The molecule has 5 nitrogen and oxygen atoms in total. The lowest BCUT2D eigenvalue weighted by Gasteiger charge is -2.18. The van der Waals surface area contributed by atoms with Gasteiger partial charge in [-0.2, -0.15) is 0 Å². The van der Waals surface area contributed by atoms with Gasteiger partial charge in [0, 0.05) is 6.20 Å². The fourth-order valence-corrected chi connectivity index (χ4v) is 2.50. The van der Waals surface area contributed by atoms with Crippen LogP contribution >= 0.6 is 0 Å². The predicted octanol–water partition coefficient (Wildman–Crippen LogP) is 3.00. The average Bonchev–Trinajstić information content (AvgIpc) is 3.02. The fraction of sp³-hybridized carbons (Fsp3) is 0.235. The van der Waals surface area contributed by atoms with Gasteiger partial charge in [0.2, 0.25) is 0 Å². The van der Waals surface area contributed by atoms with Gasteiger partial charge in [-0.3, -0.25) is 9.20 Å². The Morgan fingerprint density at radius 2 is 2.05 bits per heavy atom. The van der Waals surface area contributed by atoms with Crippen molar-refractivity contribution in [3.05, 3.63) is 66.1 Å². The summed E-state index contributed by atoms with van der Waals surface area (Å²) in [5.41, 5.74) is 2.46. The highest BCUT2D eigenvalue weighted by Crippen LogP contribution is 2.19. The monoisotopic (exact) mass is 294 g/mol. The van der Waals surface area contributed by atoms with E-state index < -0.39 is 0 Å². The maximum atomic E-state index is 12.5. The Kier molecular flexibility index (Phi) is 4.14. The van der Waals surface area contributed by atoms with Crippen LogP contribution in [0.4, 0.5) is 0 Å². The molecule has 0 saturated carbocycles. The molecule has 22 heavy (non-hydrogen) atoms. The summed E-state index contributed by atoms with van der Waals surface area (Å²) in [5, 5.41) is 10.9. The van der Waals surface area contributed by atoms with E-state index in [0.717, 1.165) is 24.1 Å². The number of carbonyl (C=O) groups excluding carboxylic acids is 1. The summed E-state index contributed by atoms with van der Waals surface area (Å²) in [5.74, 6) is -0.0853. The standard InChI is InChI=1S/C17H18N4O/c1-2-6-15(13-7-4-3-5-8-13)19-17(22)14-9-10-16-20-18-12-21(16)11-14/h3-5,7-12,15H,2,6H2,1H3,(H,19,22). The van der Waals surface area contributed by atoms with E-state index in [1.165, 1.54) is 0 Å². The van der Waals surface area contributed by atoms with Crippen molar-refractivity contribution in [1.29, 1.82) is 0 Å². The molecule has 1 amide bonds. The molecule has 0 spiro atoms. The summed E-state index contributed by atoms with van der Waals surface area (Å²) >= 11 is 0. The summed E-state index contributed by atoms with van der Waals surface area (Å²) in [6.45, 7) is 2.12. The number of pyridine rings is 1. The molecule has 2 aromatic heterocycles. The minimum Gasteiger partial charge on any atom is -0.345 e. The topological polar surface area (TPSA) is 59.3 Å². The molecule has 5 heteroatoms. The zero-order valence-electron chi connectivity index (χ0n) is 12.4. The molecule has 0 aliphatic rings. The fourth-order valence-electron chi connectivity index (χ4n) is 2.50. The number of carbonyl (C=O) groups is 1. The molecular weight excluding hydrogens is 276 g/mol. The number of nitrogens with one attached hydrogen (secondary N) is 1. The third-order valence-corrected chi connectivity index (χ3v) is 3.64. The maximum Gasteiger partial charge on any atom is 0.253 e. The van der Waals surface area contributed by atoms with Crippen LogP contribution < -0.4 is 5.32 Å². The van der Waals surface area contributed by atoms with Crippen LogP contribution in [0.2, 0.25) is 0 Å². The number of hydrogen-bond acceptors (Lipinski definition) is 3. The molecule has 0 fully saturated rings. The summed E-state index contributed by atoms with van der Waals surface area (Å²) in [7, 11) is 0. The minimum atomic E-state index is -0.0853. The second-order valence-corrected chi connectivity index (χ2v) is 5.24. The predicted molar refractivity (Wildman–Crippen MR) is 84.5 cm³/mol. The number of nitrogens with zero attached hydrogens (tertiary/aromatic N) is 3. The Bertz CT molecular complexity index is 766. The van der Waals surface area contributed by atoms with Crippen molar-refractivity contribution in [2.75, 3.05) is 0 Å². The van der Waals surface area contributed by atoms with Crippen LogP contribution in [-0.2, 0) is 0 Å². The van der Waals surface area contributed by atoms with Crippen LogP contribution in [0, 0.1) is 0 Å². The molecular formula is C17H18N4O. The van der Waals surface area contributed by atoms with Crippen molar-refractivity contribution in [2.45, 2.75) is 25.8 Å². The largest absolute Gasteiger partial charge is 0.345 e. The van der Waals surface area contributed by atoms with Crippen LogP contribution in [-0.4, -0.2) is 20.5 Å². The van der Waals surface area contributed by atoms with Gasteiger partial charge in [-0.25, -0.2) is 0 Å². The molecule has 1 unspecified atom stereocenters. The van der Waals surface area contributed by atoms with Gasteiger partial charge in [-0.1, -0.05) is 43.7 Å². The van der Waals surface area contributed by atoms with Crippen molar-refractivity contribution in [3.8, 4) is 0 Å². The first-order valence-corrected chi connectivity index (χ1v) is 7.43. The Balaban J connectivity index is 1.81. The van der Waals surface area contributed by atoms with E-state index in [1.54, 1.807) is 29.1 Å². The van der Waals surface area contributed by atoms with Crippen molar-refractivity contribution in [3.63, 3.8) is 0 Å². The number of fused-ring (bicyclic) bond motifs is 1. The van der Waals surface area contributed by atoms with E-state index in [1.807, 2.05) is 30.3 Å². The van der Waals surface area contributed by atoms with Gasteiger partial charge in [0.05, 0.1) is 11.6 Å². The SMILES string of the molecule is CCCC(NC(=O)c1ccc2nncn2c1)c1ccccc1. The zero-order chi connectivity index (χ0) is 15.4.